The highest BCUT2D eigenvalue weighted by Gasteiger charge is 2.06. The number of benzene rings is 1. The Morgan fingerprint density at radius 3 is 2.27 bits per heavy atom. The minimum absolute atomic E-state index is 0.0171. The Hall–Kier alpha value is -1.53. The summed E-state index contributed by atoms with van der Waals surface area (Å²) < 4.78 is 38.4. The van der Waals surface area contributed by atoms with Crippen molar-refractivity contribution >= 4 is 10.4 Å². The van der Waals surface area contributed by atoms with E-state index in [0.717, 1.165) is 0 Å². The molecule has 0 unspecified atom stereocenters. The maximum atomic E-state index is 10.3. The highest BCUT2D eigenvalue weighted by molar-refractivity contribution is 7.81. The van der Waals surface area contributed by atoms with Gasteiger partial charge in [-0.2, -0.15) is 8.42 Å². The van der Waals surface area contributed by atoms with Gasteiger partial charge >= 0.3 is 10.4 Å². The molecule has 0 aliphatic rings. The van der Waals surface area contributed by atoms with Gasteiger partial charge in [0.15, 0.2) is 0 Å². The van der Waals surface area contributed by atoms with Gasteiger partial charge in [-0.1, -0.05) is 12.7 Å². The number of hydrogen-bond acceptors (Lipinski definition) is 4. The zero-order valence-corrected chi connectivity index (χ0v) is 8.61. The molecule has 0 saturated heterocycles. The Morgan fingerprint density at radius 2 is 1.80 bits per heavy atom. The van der Waals surface area contributed by atoms with Crippen molar-refractivity contribution in [3.8, 4) is 11.5 Å². The average Bonchev–Trinajstić information content (AvgIpc) is 2.14. The summed E-state index contributed by atoms with van der Waals surface area (Å²) in [6, 6.07) is 5.77. The Kier molecular flexibility index (Phi) is 3.70. The molecule has 0 aliphatic heterocycles. The second-order valence-corrected chi connectivity index (χ2v) is 3.60. The second kappa shape index (κ2) is 4.81. The van der Waals surface area contributed by atoms with E-state index >= 15 is 0 Å². The topological polar surface area (TPSA) is 72.8 Å². The zero-order valence-electron chi connectivity index (χ0n) is 7.79. The summed E-state index contributed by atoms with van der Waals surface area (Å²) in [6.45, 7) is 3.84. The van der Waals surface area contributed by atoms with Gasteiger partial charge in [0.1, 0.15) is 18.1 Å². The molecular formula is C9H10O5S. The van der Waals surface area contributed by atoms with Crippen molar-refractivity contribution in [1.29, 1.82) is 0 Å². The Balaban J connectivity index is 2.68. The van der Waals surface area contributed by atoms with E-state index in [1.54, 1.807) is 6.08 Å². The van der Waals surface area contributed by atoms with Crippen LogP contribution in [-0.2, 0) is 10.4 Å². The summed E-state index contributed by atoms with van der Waals surface area (Å²) in [5.74, 6) is 0.570. The third kappa shape index (κ3) is 4.48. The van der Waals surface area contributed by atoms with E-state index < -0.39 is 10.4 Å². The molecule has 1 aromatic rings. The molecule has 0 aromatic heterocycles. The Bertz CT molecular complexity index is 420. The van der Waals surface area contributed by atoms with Gasteiger partial charge in [0.25, 0.3) is 0 Å². The predicted molar refractivity (Wildman–Crippen MR) is 54.3 cm³/mol. The Morgan fingerprint density at radius 1 is 1.27 bits per heavy atom. The molecule has 82 valence electrons. The first kappa shape index (κ1) is 11.5. The van der Waals surface area contributed by atoms with Crippen LogP contribution in [0.15, 0.2) is 36.9 Å². The van der Waals surface area contributed by atoms with Crippen molar-refractivity contribution in [2.75, 3.05) is 6.61 Å². The molecule has 1 N–H and O–H groups in total. The minimum atomic E-state index is -4.46. The molecule has 6 heteroatoms. The van der Waals surface area contributed by atoms with Crippen LogP contribution < -0.4 is 8.92 Å². The van der Waals surface area contributed by atoms with Crippen LogP contribution in [0.25, 0.3) is 0 Å². The summed E-state index contributed by atoms with van der Waals surface area (Å²) in [5.41, 5.74) is 0. The van der Waals surface area contributed by atoms with Crippen LogP contribution in [0.5, 0.6) is 11.5 Å². The zero-order chi connectivity index (χ0) is 11.3. The van der Waals surface area contributed by atoms with Crippen molar-refractivity contribution in [3.05, 3.63) is 36.9 Å². The molecule has 0 radical (unpaired) electrons. The van der Waals surface area contributed by atoms with Crippen molar-refractivity contribution in [1.82, 2.24) is 0 Å². The fraction of sp³-hybridized carbons (Fsp3) is 0.111. The lowest BCUT2D eigenvalue weighted by atomic mass is 10.3. The average molecular weight is 230 g/mol. The van der Waals surface area contributed by atoms with Crippen LogP contribution in [0, 0.1) is 0 Å². The molecule has 0 fully saturated rings. The van der Waals surface area contributed by atoms with E-state index in [0.29, 0.717) is 12.4 Å². The maximum absolute atomic E-state index is 10.3. The molecular weight excluding hydrogens is 220 g/mol. The lowest BCUT2D eigenvalue weighted by Crippen LogP contribution is -2.06. The highest BCUT2D eigenvalue weighted by atomic mass is 32.3. The lowest BCUT2D eigenvalue weighted by molar-refractivity contribution is 0.361. The van der Waals surface area contributed by atoms with Crippen LogP contribution in [0.2, 0.25) is 0 Å². The van der Waals surface area contributed by atoms with Crippen molar-refractivity contribution < 1.29 is 21.9 Å². The van der Waals surface area contributed by atoms with Gasteiger partial charge in [-0.25, -0.2) is 0 Å². The van der Waals surface area contributed by atoms with E-state index in [-0.39, 0.29) is 5.75 Å². The second-order valence-electron chi connectivity index (χ2n) is 2.58. The van der Waals surface area contributed by atoms with Gasteiger partial charge in [0.2, 0.25) is 0 Å². The highest BCUT2D eigenvalue weighted by Crippen LogP contribution is 2.18. The number of rotatable bonds is 5. The van der Waals surface area contributed by atoms with Gasteiger partial charge in [-0.3, -0.25) is 4.55 Å². The minimum Gasteiger partial charge on any atom is -0.490 e. The third-order valence-electron chi connectivity index (χ3n) is 1.39. The van der Waals surface area contributed by atoms with Crippen LogP contribution in [0.4, 0.5) is 0 Å². The van der Waals surface area contributed by atoms with Crippen molar-refractivity contribution in [3.63, 3.8) is 0 Å². The molecule has 0 spiro atoms. The first-order chi connectivity index (χ1) is 7.01. The largest absolute Gasteiger partial charge is 0.490 e. The normalized spacial score (nSPS) is 10.7. The number of ether oxygens (including phenoxy) is 1. The molecule has 0 heterocycles. The maximum Gasteiger partial charge on any atom is 0.446 e. The summed E-state index contributed by atoms with van der Waals surface area (Å²) in [7, 11) is -4.46. The van der Waals surface area contributed by atoms with Gasteiger partial charge in [0, 0.05) is 0 Å². The third-order valence-corrected chi connectivity index (χ3v) is 1.80. The summed E-state index contributed by atoms with van der Waals surface area (Å²) in [4.78, 5) is 0. The summed E-state index contributed by atoms with van der Waals surface area (Å²) in [5, 5.41) is 0. The first-order valence-electron chi connectivity index (χ1n) is 4.02. The van der Waals surface area contributed by atoms with Gasteiger partial charge < -0.3 is 8.92 Å². The molecule has 5 nitrogen and oxygen atoms in total. The van der Waals surface area contributed by atoms with E-state index in [1.807, 2.05) is 0 Å². The molecule has 0 amide bonds. The predicted octanol–water partition coefficient (Wildman–Crippen LogP) is 1.43. The fourth-order valence-corrected chi connectivity index (χ4v) is 1.22. The lowest BCUT2D eigenvalue weighted by Gasteiger charge is -2.04. The molecule has 15 heavy (non-hydrogen) atoms. The monoisotopic (exact) mass is 230 g/mol. The quantitative estimate of drug-likeness (QED) is 0.612. The summed E-state index contributed by atoms with van der Waals surface area (Å²) in [6.07, 6.45) is 1.59. The molecule has 0 aliphatic carbocycles. The van der Waals surface area contributed by atoms with E-state index in [2.05, 4.69) is 10.8 Å². The van der Waals surface area contributed by atoms with Crippen molar-refractivity contribution in [2.45, 2.75) is 0 Å². The smallest absolute Gasteiger partial charge is 0.446 e. The number of hydrogen-bond donors (Lipinski definition) is 1. The van der Waals surface area contributed by atoms with Crippen LogP contribution in [-0.4, -0.2) is 19.6 Å². The molecule has 1 rings (SSSR count). The molecule has 0 bridgehead atoms. The van der Waals surface area contributed by atoms with Crippen LogP contribution >= 0.6 is 0 Å². The van der Waals surface area contributed by atoms with Crippen LogP contribution in [0.3, 0.4) is 0 Å². The SMILES string of the molecule is C=CCOc1ccc(OS(=O)(=O)O)cc1. The van der Waals surface area contributed by atoms with Crippen LogP contribution in [0.1, 0.15) is 0 Å². The van der Waals surface area contributed by atoms with Gasteiger partial charge in [0.05, 0.1) is 0 Å². The molecule has 0 saturated carbocycles. The standard InChI is InChI=1S/C9H10O5S/c1-2-7-13-8-3-5-9(6-4-8)14-15(10,11)12/h2-6H,1,7H2,(H,10,11,12). The Labute approximate surface area is 87.9 Å². The fourth-order valence-electron chi connectivity index (χ4n) is 0.868. The summed E-state index contributed by atoms with van der Waals surface area (Å²) >= 11 is 0. The van der Waals surface area contributed by atoms with E-state index in [1.165, 1.54) is 24.3 Å². The van der Waals surface area contributed by atoms with Crippen molar-refractivity contribution in [2.24, 2.45) is 0 Å². The molecule has 0 atom stereocenters. The first-order valence-corrected chi connectivity index (χ1v) is 5.38. The van der Waals surface area contributed by atoms with E-state index in [9.17, 15) is 8.42 Å². The van der Waals surface area contributed by atoms with Gasteiger partial charge in [-0.15, -0.1) is 0 Å². The van der Waals surface area contributed by atoms with E-state index in [4.69, 9.17) is 9.29 Å². The van der Waals surface area contributed by atoms with Gasteiger partial charge in [-0.05, 0) is 24.3 Å². The molecule has 1 aromatic carbocycles.